The van der Waals surface area contributed by atoms with Gasteiger partial charge in [0.15, 0.2) is 6.10 Å². The predicted molar refractivity (Wildman–Crippen MR) is 107 cm³/mol. The number of carbonyl (C=O) groups is 1. The Morgan fingerprint density at radius 2 is 1.42 bits per heavy atom. The van der Waals surface area contributed by atoms with E-state index in [1.165, 1.54) is 0 Å². The van der Waals surface area contributed by atoms with E-state index in [2.05, 4.69) is 0 Å². The van der Waals surface area contributed by atoms with Gasteiger partial charge in [0.2, 0.25) is 0 Å². The molecule has 0 saturated heterocycles. The van der Waals surface area contributed by atoms with Gasteiger partial charge in [-0.05, 0) is 49.4 Å². The molecule has 5 heteroatoms. The summed E-state index contributed by atoms with van der Waals surface area (Å²) in [6, 6.07) is 23.8. The van der Waals surface area contributed by atoms with Gasteiger partial charge in [-0.1, -0.05) is 59.6 Å². The Kier molecular flexibility index (Phi) is 5.82. The summed E-state index contributed by atoms with van der Waals surface area (Å²) >= 11 is 12.1. The monoisotopic (exact) mass is 385 g/mol. The molecule has 132 valence electrons. The quantitative estimate of drug-likeness (QED) is 0.528. The van der Waals surface area contributed by atoms with Gasteiger partial charge >= 0.3 is 0 Å². The molecule has 0 saturated carbocycles. The molecule has 3 aromatic rings. The minimum absolute atomic E-state index is 0.201. The largest absolute Gasteiger partial charge is 0.479 e. The molecule has 0 aromatic heterocycles. The van der Waals surface area contributed by atoms with Crippen LogP contribution in [0.1, 0.15) is 6.92 Å². The van der Waals surface area contributed by atoms with Crippen molar-refractivity contribution in [2.24, 2.45) is 0 Å². The number of hydrogen-bond donors (Lipinski definition) is 0. The highest BCUT2D eigenvalue weighted by molar-refractivity contribution is 6.35. The van der Waals surface area contributed by atoms with Crippen molar-refractivity contribution in [3.63, 3.8) is 0 Å². The van der Waals surface area contributed by atoms with E-state index in [9.17, 15) is 4.79 Å². The summed E-state index contributed by atoms with van der Waals surface area (Å²) in [4.78, 5) is 14.8. The SMILES string of the molecule is CC(Oc1ccc(Cl)cc1Cl)C(=O)N(c1ccccc1)c1ccccc1. The van der Waals surface area contributed by atoms with Crippen LogP contribution in [0.5, 0.6) is 5.75 Å². The highest BCUT2D eigenvalue weighted by atomic mass is 35.5. The van der Waals surface area contributed by atoms with Gasteiger partial charge in [0.1, 0.15) is 5.75 Å². The lowest BCUT2D eigenvalue weighted by Crippen LogP contribution is -2.37. The third-order valence-electron chi connectivity index (χ3n) is 3.79. The lowest BCUT2D eigenvalue weighted by molar-refractivity contribution is -0.123. The zero-order valence-electron chi connectivity index (χ0n) is 14.1. The molecule has 0 N–H and O–H groups in total. The number of halogens is 2. The van der Waals surface area contributed by atoms with E-state index in [-0.39, 0.29) is 5.91 Å². The van der Waals surface area contributed by atoms with Crippen molar-refractivity contribution < 1.29 is 9.53 Å². The van der Waals surface area contributed by atoms with Crippen LogP contribution in [-0.4, -0.2) is 12.0 Å². The van der Waals surface area contributed by atoms with Gasteiger partial charge in [0.05, 0.1) is 5.02 Å². The van der Waals surface area contributed by atoms with Crippen LogP contribution < -0.4 is 9.64 Å². The van der Waals surface area contributed by atoms with E-state index in [0.29, 0.717) is 15.8 Å². The minimum atomic E-state index is -0.742. The van der Waals surface area contributed by atoms with Crippen LogP contribution >= 0.6 is 23.2 Å². The van der Waals surface area contributed by atoms with Gasteiger partial charge < -0.3 is 4.74 Å². The van der Waals surface area contributed by atoms with E-state index in [1.54, 1.807) is 30.0 Å². The highest BCUT2D eigenvalue weighted by Crippen LogP contribution is 2.30. The van der Waals surface area contributed by atoms with Crippen molar-refractivity contribution in [1.82, 2.24) is 0 Å². The molecule has 3 aromatic carbocycles. The van der Waals surface area contributed by atoms with Gasteiger partial charge in [0.25, 0.3) is 5.91 Å². The fraction of sp³-hybridized carbons (Fsp3) is 0.0952. The molecule has 0 aliphatic carbocycles. The van der Waals surface area contributed by atoms with Crippen LogP contribution in [0.15, 0.2) is 78.9 Å². The standard InChI is InChI=1S/C21H17Cl2NO2/c1-15(26-20-13-12-16(22)14-19(20)23)21(25)24(17-8-4-2-5-9-17)18-10-6-3-7-11-18/h2-15H,1H3. The topological polar surface area (TPSA) is 29.5 Å². The van der Waals surface area contributed by atoms with Crippen LogP contribution in [0.25, 0.3) is 0 Å². The maximum atomic E-state index is 13.2. The molecule has 1 atom stereocenters. The molecular formula is C21H17Cl2NO2. The first-order valence-corrected chi connectivity index (χ1v) is 8.87. The number of amides is 1. The Morgan fingerprint density at radius 1 is 0.885 bits per heavy atom. The number of ether oxygens (including phenoxy) is 1. The number of benzene rings is 3. The highest BCUT2D eigenvalue weighted by Gasteiger charge is 2.25. The van der Waals surface area contributed by atoms with E-state index in [1.807, 2.05) is 60.7 Å². The molecule has 0 aliphatic heterocycles. The molecule has 0 fully saturated rings. The van der Waals surface area contributed by atoms with Crippen LogP contribution in [-0.2, 0) is 4.79 Å². The summed E-state index contributed by atoms with van der Waals surface area (Å²) in [5.74, 6) is 0.214. The number of carbonyl (C=O) groups excluding carboxylic acids is 1. The van der Waals surface area contributed by atoms with E-state index in [0.717, 1.165) is 11.4 Å². The summed E-state index contributed by atoms with van der Waals surface area (Å²) in [6.07, 6.45) is -0.742. The second-order valence-electron chi connectivity index (χ2n) is 5.68. The van der Waals surface area contributed by atoms with Crippen molar-refractivity contribution in [3.8, 4) is 5.75 Å². The third-order valence-corrected chi connectivity index (χ3v) is 4.33. The molecule has 0 radical (unpaired) electrons. The van der Waals surface area contributed by atoms with Crippen molar-refractivity contribution in [2.75, 3.05) is 4.90 Å². The van der Waals surface area contributed by atoms with Crippen molar-refractivity contribution in [3.05, 3.63) is 88.9 Å². The number of hydrogen-bond acceptors (Lipinski definition) is 2. The number of rotatable bonds is 5. The fourth-order valence-electron chi connectivity index (χ4n) is 2.55. The van der Waals surface area contributed by atoms with Crippen molar-refractivity contribution in [2.45, 2.75) is 13.0 Å². The summed E-state index contributed by atoms with van der Waals surface area (Å²) in [5, 5.41) is 0.875. The second kappa shape index (κ2) is 8.26. The second-order valence-corrected chi connectivity index (χ2v) is 6.52. The average molecular weight is 386 g/mol. The minimum Gasteiger partial charge on any atom is -0.479 e. The molecule has 0 heterocycles. The number of nitrogens with zero attached hydrogens (tertiary/aromatic N) is 1. The van der Waals surface area contributed by atoms with E-state index >= 15 is 0 Å². The summed E-state index contributed by atoms with van der Waals surface area (Å²) in [5.41, 5.74) is 1.53. The maximum Gasteiger partial charge on any atom is 0.272 e. The first kappa shape index (κ1) is 18.3. The zero-order valence-corrected chi connectivity index (χ0v) is 15.6. The lowest BCUT2D eigenvalue weighted by Gasteiger charge is -2.26. The van der Waals surface area contributed by atoms with Crippen LogP contribution in [0.2, 0.25) is 10.0 Å². The van der Waals surface area contributed by atoms with Crippen LogP contribution in [0.3, 0.4) is 0 Å². The van der Waals surface area contributed by atoms with Gasteiger partial charge in [-0.2, -0.15) is 0 Å². The Labute approximate surface area is 162 Å². The Hall–Kier alpha value is -2.49. The summed E-state index contributed by atoms with van der Waals surface area (Å²) in [7, 11) is 0. The van der Waals surface area contributed by atoms with Crippen LogP contribution in [0.4, 0.5) is 11.4 Å². The number of anilines is 2. The molecule has 3 rings (SSSR count). The molecule has 1 amide bonds. The lowest BCUT2D eigenvalue weighted by atomic mass is 10.2. The molecule has 3 nitrogen and oxygen atoms in total. The van der Waals surface area contributed by atoms with Gasteiger partial charge in [-0.15, -0.1) is 0 Å². The Balaban J connectivity index is 1.90. The first-order valence-electron chi connectivity index (χ1n) is 8.12. The van der Waals surface area contributed by atoms with Crippen molar-refractivity contribution >= 4 is 40.5 Å². The van der Waals surface area contributed by atoms with E-state index in [4.69, 9.17) is 27.9 Å². The fourth-order valence-corrected chi connectivity index (χ4v) is 3.00. The van der Waals surface area contributed by atoms with Gasteiger partial charge in [-0.25, -0.2) is 0 Å². The summed E-state index contributed by atoms with van der Waals surface area (Å²) < 4.78 is 5.80. The molecule has 1 unspecified atom stereocenters. The zero-order chi connectivity index (χ0) is 18.5. The predicted octanol–water partition coefficient (Wildman–Crippen LogP) is 6.13. The van der Waals surface area contributed by atoms with Gasteiger partial charge in [0, 0.05) is 16.4 Å². The van der Waals surface area contributed by atoms with Crippen molar-refractivity contribution in [1.29, 1.82) is 0 Å². The third kappa shape index (κ3) is 4.18. The number of para-hydroxylation sites is 2. The molecule has 0 bridgehead atoms. The molecule has 0 spiro atoms. The van der Waals surface area contributed by atoms with Gasteiger partial charge in [-0.3, -0.25) is 9.69 Å². The van der Waals surface area contributed by atoms with E-state index < -0.39 is 6.10 Å². The molecule has 26 heavy (non-hydrogen) atoms. The normalized spacial score (nSPS) is 11.7. The first-order chi connectivity index (χ1) is 12.6. The van der Waals surface area contributed by atoms with Crippen LogP contribution in [0, 0.1) is 0 Å². The average Bonchev–Trinajstić information content (AvgIpc) is 2.66. The Bertz CT molecular complexity index is 846. The maximum absolute atomic E-state index is 13.2. The molecule has 0 aliphatic rings. The smallest absolute Gasteiger partial charge is 0.272 e. The molecular weight excluding hydrogens is 369 g/mol. The Morgan fingerprint density at radius 3 is 1.92 bits per heavy atom. The summed E-state index contributed by atoms with van der Waals surface area (Å²) in [6.45, 7) is 1.70.